The SMILES string of the molecule is Cc1ccc(C)c(NC(=O)Cc2csc(Nc3ccccc3)n2)c1. The van der Waals surface area contributed by atoms with Crippen LogP contribution in [-0.4, -0.2) is 10.9 Å². The van der Waals surface area contributed by atoms with E-state index in [-0.39, 0.29) is 12.3 Å². The minimum atomic E-state index is -0.0553. The van der Waals surface area contributed by atoms with Crippen LogP contribution >= 0.6 is 11.3 Å². The van der Waals surface area contributed by atoms with Gasteiger partial charge in [0.2, 0.25) is 5.91 Å². The standard InChI is InChI=1S/C19H19N3OS/c1-13-8-9-14(2)17(10-13)22-18(23)11-16-12-24-19(21-16)20-15-6-4-3-5-7-15/h3-10,12H,11H2,1-2H3,(H,20,21)(H,22,23). The van der Waals surface area contributed by atoms with Crippen molar-refractivity contribution in [2.75, 3.05) is 10.6 Å². The van der Waals surface area contributed by atoms with Crippen LogP contribution in [0.15, 0.2) is 53.9 Å². The minimum Gasteiger partial charge on any atom is -0.332 e. The summed E-state index contributed by atoms with van der Waals surface area (Å²) in [5.41, 5.74) is 4.79. The monoisotopic (exact) mass is 337 g/mol. The van der Waals surface area contributed by atoms with E-state index in [4.69, 9.17) is 0 Å². The first-order chi connectivity index (χ1) is 11.6. The van der Waals surface area contributed by atoms with Crippen molar-refractivity contribution in [3.8, 4) is 0 Å². The molecular formula is C19H19N3OS. The van der Waals surface area contributed by atoms with Crippen LogP contribution in [0.5, 0.6) is 0 Å². The lowest BCUT2D eigenvalue weighted by molar-refractivity contribution is -0.115. The number of hydrogen-bond donors (Lipinski definition) is 2. The highest BCUT2D eigenvalue weighted by Crippen LogP contribution is 2.21. The van der Waals surface area contributed by atoms with Crippen LogP contribution in [0.4, 0.5) is 16.5 Å². The first kappa shape index (κ1) is 16.2. The van der Waals surface area contributed by atoms with Crippen LogP contribution in [0.25, 0.3) is 0 Å². The van der Waals surface area contributed by atoms with Gasteiger partial charge in [-0.2, -0.15) is 0 Å². The van der Waals surface area contributed by atoms with Gasteiger partial charge in [0.05, 0.1) is 12.1 Å². The maximum Gasteiger partial charge on any atom is 0.230 e. The lowest BCUT2D eigenvalue weighted by atomic mass is 10.1. The quantitative estimate of drug-likeness (QED) is 0.710. The summed E-state index contributed by atoms with van der Waals surface area (Å²) in [7, 11) is 0. The maximum absolute atomic E-state index is 12.2. The highest BCUT2D eigenvalue weighted by molar-refractivity contribution is 7.13. The van der Waals surface area contributed by atoms with Crippen LogP contribution in [0.1, 0.15) is 16.8 Å². The summed E-state index contributed by atoms with van der Waals surface area (Å²) in [6, 6.07) is 15.9. The van der Waals surface area contributed by atoms with Crippen molar-refractivity contribution in [2.45, 2.75) is 20.3 Å². The van der Waals surface area contributed by atoms with Gasteiger partial charge in [0.1, 0.15) is 0 Å². The summed E-state index contributed by atoms with van der Waals surface area (Å²) in [6.07, 6.45) is 0.264. The largest absolute Gasteiger partial charge is 0.332 e. The number of amides is 1. The second-order valence-electron chi connectivity index (χ2n) is 5.68. The van der Waals surface area contributed by atoms with Gasteiger partial charge in [0.25, 0.3) is 0 Å². The minimum absolute atomic E-state index is 0.0553. The number of thiazole rings is 1. The van der Waals surface area contributed by atoms with Gasteiger partial charge in [0, 0.05) is 16.8 Å². The maximum atomic E-state index is 12.2. The fourth-order valence-corrected chi connectivity index (χ4v) is 3.05. The van der Waals surface area contributed by atoms with Gasteiger partial charge in [-0.25, -0.2) is 4.98 Å². The number of rotatable bonds is 5. The van der Waals surface area contributed by atoms with Crippen molar-refractivity contribution >= 4 is 33.8 Å². The molecule has 3 rings (SSSR count). The number of benzene rings is 2. The molecule has 0 fully saturated rings. The van der Waals surface area contributed by atoms with E-state index < -0.39 is 0 Å². The molecule has 3 aromatic rings. The number of anilines is 3. The zero-order valence-corrected chi connectivity index (χ0v) is 14.5. The lowest BCUT2D eigenvalue weighted by Crippen LogP contribution is -2.15. The molecule has 0 bridgehead atoms. The molecule has 0 aliphatic carbocycles. The van der Waals surface area contributed by atoms with Crippen molar-refractivity contribution in [1.82, 2.24) is 4.98 Å². The highest BCUT2D eigenvalue weighted by Gasteiger charge is 2.09. The van der Waals surface area contributed by atoms with E-state index in [1.54, 1.807) is 0 Å². The first-order valence-corrected chi connectivity index (χ1v) is 8.62. The van der Waals surface area contributed by atoms with E-state index >= 15 is 0 Å². The summed E-state index contributed by atoms with van der Waals surface area (Å²) < 4.78 is 0. The summed E-state index contributed by atoms with van der Waals surface area (Å²) in [4.78, 5) is 16.7. The number of aromatic nitrogens is 1. The molecule has 0 aliphatic heterocycles. The average Bonchev–Trinajstić information content (AvgIpc) is 2.98. The Kier molecular flexibility index (Phi) is 4.91. The number of aryl methyl sites for hydroxylation is 2. The Labute approximate surface area is 145 Å². The Bertz CT molecular complexity index is 843. The molecule has 24 heavy (non-hydrogen) atoms. The van der Waals surface area contributed by atoms with Crippen molar-refractivity contribution in [3.05, 3.63) is 70.7 Å². The van der Waals surface area contributed by atoms with Gasteiger partial charge in [-0.15, -0.1) is 11.3 Å². The number of nitrogens with one attached hydrogen (secondary N) is 2. The van der Waals surface area contributed by atoms with Crippen LogP contribution in [0.3, 0.4) is 0 Å². The molecule has 0 spiro atoms. The second-order valence-corrected chi connectivity index (χ2v) is 6.54. The Morgan fingerprint density at radius 3 is 2.71 bits per heavy atom. The smallest absolute Gasteiger partial charge is 0.230 e. The summed E-state index contributed by atoms with van der Waals surface area (Å²) >= 11 is 1.50. The Morgan fingerprint density at radius 2 is 1.92 bits per heavy atom. The van der Waals surface area contributed by atoms with Gasteiger partial charge in [-0.1, -0.05) is 30.3 Å². The Morgan fingerprint density at radius 1 is 1.12 bits per heavy atom. The highest BCUT2D eigenvalue weighted by atomic mass is 32.1. The molecule has 4 nitrogen and oxygen atoms in total. The van der Waals surface area contributed by atoms with E-state index in [9.17, 15) is 4.79 Å². The fourth-order valence-electron chi connectivity index (χ4n) is 2.32. The normalized spacial score (nSPS) is 10.4. The lowest BCUT2D eigenvalue weighted by Gasteiger charge is -2.08. The third-order valence-corrected chi connectivity index (χ3v) is 4.39. The molecule has 0 saturated carbocycles. The topological polar surface area (TPSA) is 54.0 Å². The molecule has 0 aliphatic rings. The number of carbonyl (C=O) groups is 1. The molecular weight excluding hydrogens is 318 g/mol. The molecule has 0 atom stereocenters. The number of para-hydroxylation sites is 1. The molecule has 0 radical (unpaired) electrons. The Hall–Kier alpha value is -2.66. The van der Waals surface area contributed by atoms with E-state index in [2.05, 4.69) is 15.6 Å². The van der Waals surface area contributed by atoms with E-state index in [1.165, 1.54) is 11.3 Å². The summed E-state index contributed by atoms with van der Waals surface area (Å²) in [5.74, 6) is -0.0553. The zero-order chi connectivity index (χ0) is 16.9. The van der Waals surface area contributed by atoms with Crippen LogP contribution in [0, 0.1) is 13.8 Å². The molecule has 1 aromatic heterocycles. The van der Waals surface area contributed by atoms with E-state index in [0.717, 1.165) is 33.3 Å². The zero-order valence-electron chi connectivity index (χ0n) is 13.7. The molecule has 122 valence electrons. The van der Waals surface area contributed by atoms with Crippen molar-refractivity contribution < 1.29 is 4.79 Å². The predicted molar refractivity (Wildman–Crippen MR) is 100 cm³/mol. The van der Waals surface area contributed by atoms with Crippen molar-refractivity contribution in [3.63, 3.8) is 0 Å². The third-order valence-electron chi connectivity index (χ3n) is 3.59. The molecule has 2 aromatic carbocycles. The van der Waals surface area contributed by atoms with Gasteiger partial charge >= 0.3 is 0 Å². The number of nitrogens with zero attached hydrogens (tertiary/aromatic N) is 1. The van der Waals surface area contributed by atoms with Crippen molar-refractivity contribution in [2.24, 2.45) is 0 Å². The van der Waals surface area contributed by atoms with E-state index in [1.807, 2.05) is 67.8 Å². The van der Waals surface area contributed by atoms with Gasteiger partial charge in [-0.3, -0.25) is 4.79 Å². The summed E-state index contributed by atoms with van der Waals surface area (Å²) in [5, 5.41) is 8.90. The molecule has 5 heteroatoms. The van der Waals surface area contributed by atoms with Crippen LogP contribution in [-0.2, 0) is 11.2 Å². The number of carbonyl (C=O) groups excluding carboxylic acids is 1. The molecule has 0 unspecified atom stereocenters. The fraction of sp³-hybridized carbons (Fsp3) is 0.158. The first-order valence-electron chi connectivity index (χ1n) is 7.74. The number of hydrogen-bond acceptors (Lipinski definition) is 4. The summed E-state index contributed by atoms with van der Waals surface area (Å²) in [6.45, 7) is 4.00. The molecule has 1 heterocycles. The molecule has 0 saturated heterocycles. The second kappa shape index (κ2) is 7.27. The average molecular weight is 337 g/mol. The van der Waals surface area contributed by atoms with Crippen molar-refractivity contribution in [1.29, 1.82) is 0 Å². The van der Waals surface area contributed by atoms with Crippen LogP contribution < -0.4 is 10.6 Å². The van der Waals surface area contributed by atoms with E-state index in [0.29, 0.717) is 0 Å². The third kappa shape index (κ3) is 4.20. The molecule has 2 N–H and O–H groups in total. The Balaban J connectivity index is 1.62. The van der Waals surface area contributed by atoms with Gasteiger partial charge in [0.15, 0.2) is 5.13 Å². The predicted octanol–water partition coefficient (Wildman–Crippen LogP) is 4.68. The van der Waals surface area contributed by atoms with Gasteiger partial charge < -0.3 is 10.6 Å². The van der Waals surface area contributed by atoms with Crippen LogP contribution in [0.2, 0.25) is 0 Å². The van der Waals surface area contributed by atoms with Gasteiger partial charge in [-0.05, 0) is 43.2 Å². The molecule has 1 amide bonds.